The minimum atomic E-state index is -2.48. The summed E-state index contributed by atoms with van der Waals surface area (Å²) in [5.74, 6) is 0. The first kappa shape index (κ1) is 15.3. The molecule has 0 spiro atoms. The molecule has 0 radical (unpaired) electrons. The van der Waals surface area contributed by atoms with Crippen LogP contribution in [0.5, 0.6) is 0 Å². The second-order valence-electron chi connectivity index (χ2n) is 8.36. The van der Waals surface area contributed by atoms with Gasteiger partial charge >= 0.3 is 152 Å². The maximum atomic E-state index is 2.71. The second kappa shape index (κ2) is 5.02. The quantitative estimate of drug-likeness (QED) is 0.514. The van der Waals surface area contributed by atoms with Crippen LogP contribution in [0.25, 0.3) is 10.4 Å². The van der Waals surface area contributed by atoms with Crippen molar-refractivity contribution in [3.8, 4) is 0 Å². The second-order valence-corrected chi connectivity index (χ2v) is 21.9. The topological polar surface area (TPSA) is 0 Å². The monoisotopic (exact) mass is 406 g/mol. The van der Waals surface area contributed by atoms with Crippen molar-refractivity contribution in [3.63, 3.8) is 0 Å². The Balaban J connectivity index is 1.84. The number of fused-ring (bicyclic) bond motifs is 8. The van der Waals surface area contributed by atoms with Crippen LogP contribution in [0.15, 0.2) is 59.7 Å². The summed E-state index contributed by atoms with van der Waals surface area (Å²) in [4.78, 5) is 0. The molecule has 24 heavy (non-hydrogen) atoms. The Morgan fingerprint density at radius 1 is 0.708 bits per heavy atom. The number of hydrogen-bond donors (Lipinski definition) is 0. The SMILES string of the molecule is CC1=C2[SiH2]C3=C(C)[CH](c4ccccc43)[Zr]([CH3])([CH3])[CH]1c1ccccc12. The zero-order valence-electron chi connectivity index (χ0n) is 15.0. The standard InChI is InChI=1S/C20H18Si.2CH3.Zr/c1-13-11-15-7-3-5-9-17(15)19(13)21-20-14(2)12-16-8-4-6-10-18(16)20;;;/h3-12H,21H2,1-2H3;2*1H3;. The summed E-state index contributed by atoms with van der Waals surface area (Å²) in [5, 5.41) is 3.54. The van der Waals surface area contributed by atoms with E-state index in [0.717, 1.165) is 7.25 Å². The Kier molecular flexibility index (Phi) is 3.20. The summed E-state index contributed by atoms with van der Waals surface area (Å²) in [7, 11) is -0.405. The van der Waals surface area contributed by atoms with E-state index in [1.807, 2.05) is 0 Å². The molecule has 0 amide bonds. The molecule has 2 aromatic carbocycles. The van der Waals surface area contributed by atoms with E-state index in [0.29, 0.717) is 0 Å². The van der Waals surface area contributed by atoms with E-state index < -0.39 is 29.8 Å². The molecule has 0 saturated carbocycles. The van der Waals surface area contributed by atoms with Gasteiger partial charge in [0.25, 0.3) is 0 Å². The van der Waals surface area contributed by atoms with E-state index in [9.17, 15) is 0 Å². The van der Waals surface area contributed by atoms with Crippen LogP contribution in [0, 0.1) is 0 Å². The molecule has 2 aromatic rings. The van der Waals surface area contributed by atoms with Crippen molar-refractivity contribution in [2.24, 2.45) is 0 Å². The molecule has 1 heterocycles. The third kappa shape index (κ3) is 1.77. The fourth-order valence-corrected chi connectivity index (χ4v) is 21.7. The van der Waals surface area contributed by atoms with Crippen LogP contribution < -0.4 is 0 Å². The number of benzene rings is 2. The molecule has 0 nitrogen and oxygen atoms in total. The molecule has 2 unspecified atom stereocenters. The van der Waals surface area contributed by atoms with Crippen LogP contribution >= 0.6 is 0 Å². The van der Waals surface area contributed by atoms with Gasteiger partial charge in [-0.3, -0.25) is 0 Å². The fraction of sp³-hybridized carbons (Fsp3) is 0.273. The molecule has 0 saturated heterocycles. The molecular weight excluding hydrogens is 384 g/mol. The first-order valence-electron chi connectivity index (χ1n) is 9.09. The Bertz CT molecular complexity index is 872. The maximum absolute atomic E-state index is 2.71. The summed E-state index contributed by atoms with van der Waals surface area (Å²) in [6.45, 7) is 4.94. The number of hydrogen-bond acceptors (Lipinski definition) is 0. The molecule has 0 N–H and O–H groups in total. The average molecular weight is 408 g/mol. The van der Waals surface area contributed by atoms with E-state index in [2.05, 4.69) is 71.6 Å². The van der Waals surface area contributed by atoms with E-state index in [4.69, 9.17) is 0 Å². The molecule has 1 aliphatic heterocycles. The molecule has 2 atom stereocenters. The van der Waals surface area contributed by atoms with Gasteiger partial charge in [0.15, 0.2) is 0 Å². The van der Waals surface area contributed by atoms with Crippen molar-refractivity contribution in [2.45, 2.75) is 30.4 Å². The normalized spacial score (nSPS) is 27.2. The van der Waals surface area contributed by atoms with Gasteiger partial charge < -0.3 is 0 Å². The molecular formula is C22H24SiZr. The number of allylic oxidation sites excluding steroid dienone is 2. The summed E-state index contributed by atoms with van der Waals surface area (Å²) in [6, 6.07) is 18.7. The minimum absolute atomic E-state index is 0.405. The van der Waals surface area contributed by atoms with Gasteiger partial charge in [0.2, 0.25) is 0 Å². The van der Waals surface area contributed by atoms with E-state index in [-0.39, 0.29) is 0 Å². The zero-order chi connectivity index (χ0) is 16.6. The van der Waals surface area contributed by atoms with Crippen LogP contribution in [0.3, 0.4) is 0 Å². The van der Waals surface area contributed by atoms with Gasteiger partial charge in [-0.15, -0.1) is 0 Å². The van der Waals surface area contributed by atoms with Gasteiger partial charge in [-0.25, -0.2) is 0 Å². The molecule has 5 rings (SSSR count). The van der Waals surface area contributed by atoms with Crippen LogP contribution in [0.2, 0.25) is 9.26 Å². The van der Waals surface area contributed by atoms with E-state index in [1.54, 1.807) is 43.8 Å². The van der Waals surface area contributed by atoms with Crippen molar-refractivity contribution in [3.05, 3.63) is 81.9 Å². The first-order chi connectivity index (χ1) is 11.5. The van der Waals surface area contributed by atoms with Crippen molar-refractivity contribution in [1.82, 2.24) is 0 Å². The van der Waals surface area contributed by atoms with Gasteiger partial charge in [0.05, 0.1) is 0 Å². The molecule has 4 bridgehead atoms. The Morgan fingerprint density at radius 3 is 1.58 bits per heavy atom. The van der Waals surface area contributed by atoms with Crippen LogP contribution in [-0.2, 0) is 20.3 Å². The molecule has 3 aliphatic rings. The third-order valence-electron chi connectivity index (χ3n) is 6.85. The van der Waals surface area contributed by atoms with Crippen molar-refractivity contribution < 1.29 is 20.3 Å². The van der Waals surface area contributed by atoms with Gasteiger partial charge in [0.1, 0.15) is 0 Å². The third-order valence-corrected chi connectivity index (χ3v) is 20.4. The van der Waals surface area contributed by atoms with Crippen LogP contribution in [0.1, 0.15) is 43.4 Å². The van der Waals surface area contributed by atoms with Crippen LogP contribution in [-0.4, -0.2) is 9.52 Å². The molecule has 0 fully saturated rings. The van der Waals surface area contributed by atoms with E-state index >= 15 is 0 Å². The Labute approximate surface area is 151 Å². The van der Waals surface area contributed by atoms with Gasteiger partial charge in [-0.05, 0) is 0 Å². The summed E-state index contributed by atoms with van der Waals surface area (Å²) < 4.78 is 6.96. The van der Waals surface area contributed by atoms with Crippen LogP contribution in [0.4, 0.5) is 0 Å². The Morgan fingerprint density at radius 2 is 1.12 bits per heavy atom. The number of rotatable bonds is 0. The van der Waals surface area contributed by atoms with Crippen molar-refractivity contribution >= 4 is 19.9 Å². The summed E-state index contributed by atoms with van der Waals surface area (Å²) in [6.07, 6.45) is 0. The van der Waals surface area contributed by atoms with E-state index in [1.165, 1.54) is 0 Å². The molecule has 0 aromatic heterocycles. The zero-order valence-corrected chi connectivity index (χ0v) is 18.9. The molecule has 2 aliphatic carbocycles. The first-order valence-corrected chi connectivity index (χ1v) is 18.3. The average Bonchev–Trinajstić information content (AvgIpc) is 3.02. The van der Waals surface area contributed by atoms with Gasteiger partial charge in [-0.2, -0.15) is 0 Å². The van der Waals surface area contributed by atoms with Gasteiger partial charge in [-0.1, -0.05) is 0 Å². The molecule has 120 valence electrons. The van der Waals surface area contributed by atoms with Gasteiger partial charge in [0, 0.05) is 0 Å². The Hall–Kier alpha value is -0.980. The molecule has 2 heteroatoms. The fourth-order valence-electron chi connectivity index (χ4n) is 6.02. The van der Waals surface area contributed by atoms with Crippen molar-refractivity contribution in [2.75, 3.05) is 0 Å². The summed E-state index contributed by atoms with van der Waals surface area (Å²) >= 11 is -2.48. The predicted octanol–water partition coefficient (Wildman–Crippen LogP) is 5.39. The van der Waals surface area contributed by atoms with Crippen molar-refractivity contribution in [1.29, 1.82) is 0 Å². The predicted molar refractivity (Wildman–Crippen MR) is 104 cm³/mol. The summed E-state index contributed by atoms with van der Waals surface area (Å²) in [5.41, 5.74) is 10.1.